The first kappa shape index (κ1) is 20.0. The summed E-state index contributed by atoms with van der Waals surface area (Å²) >= 11 is 0. The van der Waals surface area contributed by atoms with E-state index in [1.165, 1.54) is 0 Å². The molecule has 0 atom stereocenters. The Bertz CT molecular complexity index is 794. The van der Waals surface area contributed by atoms with Crippen molar-refractivity contribution in [3.63, 3.8) is 0 Å². The molecule has 0 aliphatic carbocycles. The lowest BCUT2D eigenvalue weighted by Crippen LogP contribution is -2.25. The second-order valence-corrected chi connectivity index (χ2v) is 5.45. The molecule has 6 nitrogen and oxygen atoms in total. The van der Waals surface area contributed by atoms with Crippen molar-refractivity contribution >= 4 is 24.0 Å². The maximum atomic E-state index is 13.4. The SMILES string of the molecule is Cl.O=C(Nc1cc(F)ccc1OCC(F)(F)F)c1n[nH]c2c1CNCC2. The average Bonchev–Trinajstić information content (AvgIpc) is 2.97. The van der Waals surface area contributed by atoms with E-state index in [1.807, 2.05) is 0 Å². The second kappa shape index (κ2) is 7.92. The summed E-state index contributed by atoms with van der Waals surface area (Å²) in [4.78, 5) is 12.4. The van der Waals surface area contributed by atoms with Crippen LogP contribution in [-0.2, 0) is 13.0 Å². The van der Waals surface area contributed by atoms with Crippen LogP contribution in [-0.4, -0.2) is 35.4 Å². The molecule has 3 N–H and O–H groups in total. The largest absolute Gasteiger partial charge is 0.482 e. The van der Waals surface area contributed by atoms with Crippen molar-refractivity contribution in [2.45, 2.75) is 19.1 Å². The van der Waals surface area contributed by atoms with Gasteiger partial charge in [-0.05, 0) is 12.1 Å². The molecule has 1 aliphatic heterocycles. The van der Waals surface area contributed by atoms with Gasteiger partial charge in [0.15, 0.2) is 12.3 Å². The topological polar surface area (TPSA) is 79.0 Å². The van der Waals surface area contributed by atoms with E-state index in [0.717, 1.165) is 30.4 Å². The third kappa shape index (κ3) is 4.64. The number of H-pyrrole nitrogens is 1. The second-order valence-electron chi connectivity index (χ2n) is 5.45. The van der Waals surface area contributed by atoms with Gasteiger partial charge < -0.3 is 15.4 Å². The number of aromatic amines is 1. The summed E-state index contributed by atoms with van der Waals surface area (Å²) in [6.07, 6.45) is -3.88. The van der Waals surface area contributed by atoms with E-state index in [4.69, 9.17) is 0 Å². The summed E-state index contributed by atoms with van der Waals surface area (Å²) in [7, 11) is 0. The Labute approximate surface area is 151 Å². The number of rotatable bonds is 4. The third-order valence-corrected chi connectivity index (χ3v) is 3.60. The lowest BCUT2D eigenvalue weighted by Gasteiger charge is -2.15. The molecule has 2 aromatic rings. The molecule has 1 amide bonds. The van der Waals surface area contributed by atoms with Gasteiger partial charge in [-0.1, -0.05) is 0 Å². The van der Waals surface area contributed by atoms with Crippen molar-refractivity contribution in [2.24, 2.45) is 0 Å². The number of alkyl halides is 3. The van der Waals surface area contributed by atoms with Crippen LogP contribution in [0.2, 0.25) is 0 Å². The highest BCUT2D eigenvalue weighted by molar-refractivity contribution is 6.04. The first-order valence-corrected chi connectivity index (χ1v) is 7.41. The number of hydrogen-bond donors (Lipinski definition) is 3. The van der Waals surface area contributed by atoms with Gasteiger partial charge in [0.25, 0.3) is 5.91 Å². The zero-order chi connectivity index (χ0) is 18.0. The molecule has 1 aliphatic rings. The minimum Gasteiger partial charge on any atom is -0.482 e. The molecule has 0 unspecified atom stereocenters. The summed E-state index contributed by atoms with van der Waals surface area (Å²) in [6.45, 7) is -0.367. The fraction of sp³-hybridized carbons (Fsp3) is 0.333. The molecule has 26 heavy (non-hydrogen) atoms. The summed E-state index contributed by atoms with van der Waals surface area (Å²) < 4.78 is 55.0. The maximum absolute atomic E-state index is 13.4. The van der Waals surface area contributed by atoms with Crippen molar-refractivity contribution in [3.8, 4) is 5.75 Å². The summed E-state index contributed by atoms with van der Waals surface area (Å²) in [6, 6.07) is 2.86. The van der Waals surface area contributed by atoms with Crippen LogP contribution in [0, 0.1) is 5.82 Å². The predicted molar refractivity (Wildman–Crippen MR) is 87.1 cm³/mol. The monoisotopic (exact) mass is 394 g/mol. The number of hydrogen-bond acceptors (Lipinski definition) is 4. The van der Waals surface area contributed by atoms with Crippen LogP contribution in [0.1, 0.15) is 21.7 Å². The van der Waals surface area contributed by atoms with E-state index in [2.05, 4.69) is 25.6 Å². The van der Waals surface area contributed by atoms with Crippen molar-refractivity contribution in [1.82, 2.24) is 15.5 Å². The number of aromatic nitrogens is 2. The van der Waals surface area contributed by atoms with Crippen LogP contribution >= 0.6 is 12.4 Å². The molecule has 1 aromatic heterocycles. The minimum absolute atomic E-state index is 0. The number of carbonyl (C=O) groups excluding carboxylic acids is 1. The number of nitrogens with one attached hydrogen (secondary N) is 3. The molecular weight excluding hydrogens is 380 g/mol. The number of nitrogens with zero attached hydrogens (tertiary/aromatic N) is 1. The van der Waals surface area contributed by atoms with Crippen LogP contribution < -0.4 is 15.4 Å². The number of ether oxygens (including phenoxy) is 1. The first-order valence-electron chi connectivity index (χ1n) is 7.41. The zero-order valence-electron chi connectivity index (χ0n) is 13.2. The third-order valence-electron chi connectivity index (χ3n) is 3.60. The summed E-state index contributed by atoms with van der Waals surface area (Å²) in [5.41, 5.74) is 1.40. The lowest BCUT2D eigenvalue weighted by atomic mass is 10.1. The molecule has 0 saturated carbocycles. The van der Waals surface area contributed by atoms with E-state index < -0.39 is 24.5 Å². The first-order chi connectivity index (χ1) is 11.8. The number of benzene rings is 1. The quantitative estimate of drug-likeness (QED) is 0.697. The molecular formula is C15H15ClF4N4O2. The Hall–Kier alpha value is -2.33. The van der Waals surface area contributed by atoms with Gasteiger partial charge in [0, 0.05) is 36.8 Å². The number of halogens is 5. The van der Waals surface area contributed by atoms with Crippen molar-refractivity contribution in [2.75, 3.05) is 18.5 Å². The van der Waals surface area contributed by atoms with Crippen LogP contribution in [0.25, 0.3) is 0 Å². The van der Waals surface area contributed by atoms with Crippen LogP contribution in [0.4, 0.5) is 23.2 Å². The minimum atomic E-state index is -4.55. The fourth-order valence-electron chi connectivity index (χ4n) is 2.48. The molecule has 0 radical (unpaired) electrons. The average molecular weight is 395 g/mol. The normalized spacial score (nSPS) is 13.5. The Morgan fingerprint density at radius 2 is 2.12 bits per heavy atom. The Kier molecular flexibility index (Phi) is 6.09. The highest BCUT2D eigenvalue weighted by atomic mass is 35.5. The van der Waals surface area contributed by atoms with E-state index in [-0.39, 0.29) is 29.5 Å². The van der Waals surface area contributed by atoms with Gasteiger partial charge in [0.2, 0.25) is 0 Å². The molecule has 1 aromatic carbocycles. The Morgan fingerprint density at radius 1 is 1.35 bits per heavy atom. The molecule has 0 saturated heterocycles. The molecule has 0 fully saturated rings. The van der Waals surface area contributed by atoms with Crippen LogP contribution in [0.3, 0.4) is 0 Å². The molecule has 2 heterocycles. The fourth-order valence-corrected chi connectivity index (χ4v) is 2.48. The van der Waals surface area contributed by atoms with E-state index in [1.54, 1.807) is 0 Å². The smallest absolute Gasteiger partial charge is 0.422 e. The van der Waals surface area contributed by atoms with Gasteiger partial charge in [-0.15, -0.1) is 12.4 Å². The Balaban J connectivity index is 0.00000243. The number of carbonyl (C=O) groups is 1. The van der Waals surface area contributed by atoms with Gasteiger partial charge >= 0.3 is 6.18 Å². The lowest BCUT2D eigenvalue weighted by molar-refractivity contribution is -0.153. The molecule has 11 heteroatoms. The maximum Gasteiger partial charge on any atom is 0.422 e. The predicted octanol–water partition coefficient (Wildman–Crippen LogP) is 2.81. The standard InChI is InChI=1S/C15H14F4N4O2.ClH/c16-8-1-2-12(25-7-15(17,18)19)11(5-8)21-14(24)13-9-6-20-4-3-10(9)22-23-13;/h1-2,5,20H,3-4,6-7H2,(H,21,24)(H,22,23);1H. The van der Waals surface area contributed by atoms with Gasteiger partial charge in [-0.25, -0.2) is 4.39 Å². The van der Waals surface area contributed by atoms with E-state index in [9.17, 15) is 22.4 Å². The summed E-state index contributed by atoms with van der Waals surface area (Å²) in [5.74, 6) is -1.67. The van der Waals surface area contributed by atoms with E-state index >= 15 is 0 Å². The number of anilines is 1. The van der Waals surface area contributed by atoms with E-state index in [0.29, 0.717) is 18.5 Å². The van der Waals surface area contributed by atoms with Gasteiger partial charge in [-0.3, -0.25) is 9.89 Å². The van der Waals surface area contributed by atoms with Crippen LogP contribution in [0.5, 0.6) is 5.75 Å². The molecule has 3 rings (SSSR count). The zero-order valence-corrected chi connectivity index (χ0v) is 14.1. The number of fused-ring (bicyclic) bond motifs is 1. The molecule has 0 spiro atoms. The van der Waals surface area contributed by atoms with Crippen molar-refractivity contribution < 1.29 is 27.1 Å². The molecule has 0 bridgehead atoms. The van der Waals surface area contributed by atoms with Gasteiger partial charge in [0.1, 0.15) is 11.6 Å². The highest BCUT2D eigenvalue weighted by Gasteiger charge is 2.29. The number of amides is 1. The van der Waals surface area contributed by atoms with Crippen molar-refractivity contribution in [1.29, 1.82) is 0 Å². The van der Waals surface area contributed by atoms with Gasteiger partial charge in [0.05, 0.1) is 5.69 Å². The van der Waals surface area contributed by atoms with Crippen LogP contribution in [0.15, 0.2) is 18.2 Å². The van der Waals surface area contributed by atoms with Gasteiger partial charge in [-0.2, -0.15) is 18.3 Å². The highest BCUT2D eigenvalue weighted by Crippen LogP contribution is 2.28. The Morgan fingerprint density at radius 3 is 2.85 bits per heavy atom. The summed E-state index contributed by atoms with van der Waals surface area (Å²) in [5, 5.41) is 12.2. The van der Waals surface area contributed by atoms with Crippen molar-refractivity contribution in [3.05, 3.63) is 41.0 Å². The molecule has 142 valence electrons.